The van der Waals surface area contributed by atoms with Gasteiger partial charge in [-0.05, 0) is 30.6 Å². The maximum absolute atomic E-state index is 12.5. The summed E-state index contributed by atoms with van der Waals surface area (Å²) in [5.74, 6) is -1.07. The Kier molecular flexibility index (Phi) is 0.730. The van der Waals surface area contributed by atoms with Crippen molar-refractivity contribution in [3.8, 4) is 5.75 Å². The highest BCUT2D eigenvalue weighted by molar-refractivity contribution is 5.30. The molecule has 1 nitrogen and oxygen atoms in total. The van der Waals surface area contributed by atoms with Crippen LogP contribution in [-0.4, -0.2) is 5.11 Å². The maximum Gasteiger partial charge on any atom is 0.123 e. The van der Waals surface area contributed by atoms with Gasteiger partial charge in [0.15, 0.2) is 0 Å². The van der Waals surface area contributed by atoms with Gasteiger partial charge >= 0.3 is 0 Å². The van der Waals surface area contributed by atoms with E-state index >= 15 is 0 Å². The lowest BCUT2D eigenvalue weighted by molar-refractivity contribution is 0.468. The Bertz CT molecular complexity index is 295. The second-order valence-electron chi connectivity index (χ2n) is 1.66. The first kappa shape index (κ1) is 3.20. The summed E-state index contributed by atoms with van der Waals surface area (Å²) in [6.45, 7) is -2.47. The minimum atomic E-state index is -2.47. The molecule has 0 aliphatic rings. The number of aromatic hydroxyl groups is 1. The molecule has 0 bridgehead atoms. The minimum absolute atomic E-state index is 0.359. The molecule has 0 atom stereocenters. The van der Waals surface area contributed by atoms with Crippen molar-refractivity contribution >= 4 is 0 Å². The summed E-state index contributed by atoms with van der Waals surface area (Å²) in [4.78, 5) is 0. The van der Waals surface area contributed by atoms with Gasteiger partial charge in [-0.3, -0.25) is 0 Å². The van der Waals surface area contributed by atoms with Crippen LogP contribution in [0.4, 0.5) is 4.39 Å². The summed E-state index contributed by atoms with van der Waals surface area (Å²) in [5.41, 5.74) is -0.359. The van der Waals surface area contributed by atoms with Gasteiger partial charge in [0.2, 0.25) is 0 Å². The van der Waals surface area contributed by atoms with Crippen LogP contribution in [0.3, 0.4) is 0 Å². The maximum atomic E-state index is 12.5. The Labute approximate surface area is 57.0 Å². The average Bonchev–Trinajstić information content (AvgIpc) is 1.92. The van der Waals surface area contributed by atoms with E-state index in [4.69, 9.17) is 9.22 Å². The zero-order chi connectivity index (χ0) is 9.35. The normalized spacial score (nSPS) is 15.9. The van der Waals surface area contributed by atoms with Crippen LogP contribution in [0.5, 0.6) is 5.75 Å². The molecule has 1 N–H and O–H groups in total. The number of benzene rings is 1. The molecule has 0 aliphatic heterocycles. The second-order valence-corrected chi connectivity index (χ2v) is 1.66. The van der Waals surface area contributed by atoms with Gasteiger partial charge in [-0.25, -0.2) is 4.39 Å². The predicted octanol–water partition coefficient (Wildman–Crippen LogP) is 1.84. The van der Waals surface area contributed by atoms with Crippen LogP contribution in [0.15, 0.2) is 18.2 Å². The first-order chi connectivity index (χ1) is 5.41. The van der Waals surface area contributed by atoms with Crippen LogP contribution in [0.1, 0.15) is 9.68 Å². The lowest BCUT2D eigenvalue weighted by Gasteiger charge is -1.94. The fourth-order valence-electron chi connectivity index (χ4n) is 0.508. The van der Waals surface area contributed by atoms with E-state index in [1.807, 2.05) is 0 Å². The standard InChI is InChI=1S/C7H7FO/c1-5-4-6(8)2-3-7(5)9/h2-4,9H,1H3/i1D3. The summed E-state index contributed by atoms with van der Waals surface area (Å²) in [6.07, 6.45) is 0. The molecule has 0 aromatic heterocycles. The highest BCUT2D eigenvalue weighted by Gasteiger charge is 1.94. The van der Waals surface area contributed by atoms with Gasteiger partial charge in [-0.1, -0.05) is 0 Å². The van der Waals surface area contributed by atoms with Crippen LogP contribution >= 0.6 is 0 Å². The van der Waals surface area contributed by atoms with Crippen molar-refractivity contribution < 1.29 is 13.6 Å². The molecule has 0 heterocycles. The zero-order valence-electron chi connectivity index (χ0n) is 7.56. The molecule has 0 fully saturated rings. The summed E-state index contributed by atoms with van der Waals surface area (Å²) in [5, 5.41) is 9.04. The molecule has 1 aromatic rings. The quantitative estimate of drug-likeness (QED) is 0.566. The van der Waals surface area contributed by atoms with Gasteiger partial charge in [-0.2, -0.15) is 0 Å². The van der Waals surface area contributed by atoms with Gasteiger partial charge in [0.25, 0.3) is 0 Å². The molecule has 1 aromatic carbocycles. The molecule has 0 spiro atoms. The number of hydrogen-bond acceptors (Lipinski definition) is 1. The molecular weight excluding hydrogens is 119 g/mol. The number of rotatable bonds is 0. The van der Waals surface area contributed by atoms with E-state index in [1.54, 1.807) is 0 Å². The van der Waals surface area contributed by atoms with E-state index in [-0.39, 0.29) is 5.56 Å². The first-order valence-corrected chi connectivity index (χ1v) is 2.40. The fourth-order valence-corrected chi connectivity index (χ4v) is 0.508. The molecule has 48 valence electrons. The van der Waals surface area contributed by atoms with Gasteiger partial charge < -0.3 is 5.11 Å². The van der Waals surface area contributed by atoms with Crippen molar-refractivity contribution in [2.24, 2.45) is 0 Å². The summed E-state index contributed by atoms with van der Waals surface area (Å²) in [6, 6.07) is 2.84. The number of halogens is 1. The van der Waals surface area contributed by atoms with Crippen LogP contribution in [0, 0.1) is 12.7 Å². The van der Waals surface area contributed by atoms with Crippen molar-refractivity contribution in [2.75, 3.05) is 0 Å². The lowest BCUT2D eigenvalue weighted by Crippen LogP contribution is -1.76. The largest absolute Gasteiger partial charge is 0.508 e. The van der Waals surface area contributed by atoms with Crippen LogP contribution in [0.2, 0.25) is 0 Å². The van der Waals surface area contributed by atoms with Crippen LogP contribution < -0.4 is 0 Å². The van der Waals surface area contributed by atoms with E-state index in [0.29, 0.717) is 0 Å². The molecule has 0 amide bonds. The third-order valence-corrected chi connectivity index (χ3v) is 0.959. The van der Waals surface area contributed by atoms with E-state index in [1.165, 1.54) is 0 Å². The Morgan fingerprint density at radius 2 is 2.44 bits per heavy atom. The summed E-state index contributed by atoms with van der Waals surface area (Å²) in [7, 11) is 0. The monoisotopic (exact) mass is 129 g/mol. The molecule has 0 saturated heterocycles. The number of phenols is 1. The van der Waals surface area contributed by atoms with Gasteiger partial charge in [0.1, 0.15) is 11.6 Å². The molecule has 1 rings (SSSR count). The third kappa shape index (κ3) is 1.19. The first-order valence-electron chi connectivity index (χ1n) is 3.90. The fraction of sp³-hybridized carbons (Fsp3) is 0.143. The number of phenolic OH excluding ortho intramolecular Hbond substituents is 1. The topological polar surface area (TPSA) is 20.2 Å². The number of hydrogen-bond donors (Lipinski definition) is 1. The third-order valence-electron chi connectivity index (χ3n) is 0.959. The highest BCUT2D eigenvalue weighted by Crippen LogP contribution is 2.15. The van der Waals surface area contributed by atoms with Gasteiger partial charge in [0.05, 0.1) is 0 Å². The average molecular weight is 129 g/mol. The van der Waals surface area contributed by atoms with Crippen molar-refractivity contribution in [2.45, 2.75) is 6.85 Å². The lowest BCUT2D eigenvalue weighted by atomic mass is 10.2. The Hall–Kier alpha value is -1.05. The van der Waals surface area contributed by atoms with Crippen molar-refractivity contribution in [3.05, 3.63) is 29.6 Å². The molecule has 0 aliphatic carbocycles. The second kappa shape index (κ2) is 2.05. The van der Waals surface area contributed by atoms with Crippen LogP contribution in [-0.2, 0) is 0 Å². The molecular formula is C7H7FO. The predicted molar refractivity (Wildman–Crippen MR) is 32.8 cm³/mol. The Morgan fingerprint density at radius 1 is 1.67 bits per heavy atom. The SMILES string of the molecule is [2H]C([2H])([2H])c1cc(F)ccc1O. The summed E-state index contributed by atoms with van der Waals surface area (Å²) < 4.78 is 33.3. The molecule has 9 heavy (non-hydrogen) atoms. The number of aryl methyl sites for hydroxylation is 1. The Balaban J connectivity index is 3.23. The van der Waals surface area contributed by atoms with E-state index in [0.717, 1.165) is 18.2 Å². The zero-order valence-corrected chi connectivity index (χ0v) is 4.56. The smallest absolute Gasteiger partial charge is 0.123 e. The van der Waals surface area contributed by atoms with E-state index < -0.39 is 18.4 Å². The molecule has 0 saturated carbocycles. The van der Waals surface area contributed by atoms with Crippen molar-refractivity contribution in [1.29, 1.82) is 0 Å². The summed E-state index contributed by atoms with van der Waals surface area (Å²) >= 11 is 0. The minimum Gasteiger partial charge on any atom is -0.508 e. The van der Waals surface area contributed by atoms with Gasteiger partial charge in [-0.15, -0.1) is 0 Å². The van der Waals surface area contributed by atoms with Crippen molar-refractivity contribution in [1.82, 2.24) is 0 Å². The molecule has 0 radical (unpaired) electrons. The van der Waals surface area contributed by atoms with Crippen molar-refractivity contribution in [3.63, 3.8) is 0 Å². The van der Waals surface area contributed by atoms with Gasteiger partial charge in [0, 0.05) is 4.11 Å². The molecule has 2 heteroatoms. The Morgan fingerprint density at radius 3 is 3.00 bits per heavy atom. The van der Waals surface area contributed by atoms with E-state index in [2.05, 4.69) is 0 Å². The highest BCUT2D eigenvalue weighted by atomic mass is 19.1. The molecule has 0 unspecified atom stereocenters. The van der Waals surface area contributed by atoms with E-state index in [9.17, 15) is 4.39 Å². The van der Waals surface area contributed by atoms with Crippen LogP contribution in [0.25, 0.3) is 0 Å².